The van der Waals surface area contributed by atoms with Gasteiger partial charge in [0, 0.05) is 13.0 Å². The maximum absolute atomic E-state index is 5.09. The predicted octanol–water partition coefficient (Wildman–Crippen LogP) is 2.88. The average molecular weight is 288 g/mol. The lowest BCUT2D eigenvalue weighted by Crippen LogP contribution is -2.21. The van der Waals surface area contributed by atoms with Crippen molar-refractivity contribution in [3.63, 3.8) is 0 Å². The first-order chi connectivity index (χ1) is 9.72. The minimum atomic E-state index is 0.219. The van der Waals surface area contributed by atoms with Crippen LogP contribution in [-0.2, 0) is 6.42 Å². The van der Waals surface area contributed by atoms with E-state index in [1.165, 1.54) is 4.70 Å². The lowest BCUT2D eigenvalue weighted by Gasteiger charge is -2.09. The predicted molar refractivity (Wildman–Crippen MR) is 78.8 cm³/mol. The molecule has 0 spiro atoms. The standard InChI is InChI=1S/C14H16N4OS/c1-9(15-8-7-13-16-10(2)18-19-13)14-17-11-5-3-4-6-12(11)20-14/h3-6,9,15H,7-8H2,1-2H3. The number of thiazole rings is 1. The number of benzene rings is 1. The first kappa shape index (κ1) is 13.2. The van der Waals surface area contributed by atoms with Crippen molar-refractivity contribution in [1.82, 2.24) is 20.4 Å². The molecule has 3 aromatic rings. The molecule has 0 fully saturated rings. The van der Waals surface area contributed by atoms with Crippen molar-refractivity contribution >= 4 is 21.6 Å². The minimum absolute atomic E-state index is 0.219. The zero-order chi connectivity index (χ0) is 13.9. The van der Waals surface area contributed by atoms with Crippen molar-refractivity contribution in [2.45, 2.75) is 26.3 Å². The Bertz CT molecular complexity index is 673. The molecule has 0 aliphatic heterocycles. The first-order valence-corrected chi connectivity index (χ1v) is 7.42. The second kappa shape index (κ2) is 5.68. The molecule has 6 heteroatoms. The molecule has 0 radical (unpaired) electrons. The molecule has 0 saturated heterocycles. The molecule has 104 valence electrons. The molecule has 3 rings (SSSR count). The molecule has 1 N–H and O–H groups in total. The second-order valence-electron chi connectivity index (χ2n) is 4.68. The Morgan fingerprint density at radius 2 is 2.15 bits per heavy atom. The van der Waals surface area contributed by atoms with Crippen LogP contribution in [0.15, 0.2) is 28.8 Å². The molecule has 0 bridgehead atoms. The van der Waals surface area contributed by atoms with Gasteiger partial charge in [-0.3, -0.25) is 0 Å². The van der Waals surface area contributed by atoms with Crippen LogP contribution in [-0.4, -0.2) is 21.7 Å². The van der Waals surface area contributed by atoms with Crippen LogP contribution in [0.1, 0.15) is 29.7 Å². The molecule has 1 unspecified atom stereocenters. The molecule has 20 heavy (non-hydrogen) atoms. The van der Waals surface area contributed by atoms with Gasteiger partial charge in [-0.1, -0.05) is 17.3 Å². The molecular weight excluding hydrogens is 272 g/mol. The number of rotatable bonds is 5. The fourth-order valence-corrected chi connectivity index (χ4v) is 2.99. The summed E-state index contributed by atoms with van der Waals surface area (Å²) in [6.45, 7) is 4.74. The Kier molecular flexibility index (Phi) is 3.75. The topological polar surface area (TPSA) is 63.8 Å². The average Bonchev–Trinajstić information content (AvgIpc) is 3.04. The summed E-state index contributed by atoms with van der Waals surface area (Å²) in [5, 5.41) is 8.32. The van der Waals surface area contributed by atoms with Crippen LogP contribution in [0.25, 0.3) is 10.2 Å². The van der Waals surface area contributed by atoms with E-state index in [-0.39, 0.29) is 6.04 Å². The third-order valence-electron chi connectivity index (χ3n) is 3.04. The van der Waals surface area contributed by atoms with Crippen LogP contribution in [0.5, 0.6) is 0 Å². The molecule has 5 nitrogen and oxygen atoms in total. The molecule has 0 aliphatic rings. The SMILES string of the molecule is Cc1noc(CCNC(C)c2nc3ccccc3s2)n1. The third kappa shape index (κ3) is 2.86. The number of fused-ring (bicyclic) bond motifs is 1. The molecule has 0 amide bonds. The molecule has 0 saturated carbocycles. The monoisotopic (exact) mass is 288 g/mol. The van der Waals surface area contributed by atoms with Crippen molar-refractivity contribution in [2.24, 2.45) is 0 Å². The Balaban J connectivity index is 1.59. The van der Waals surface area contributed by atoms with Crippen LogP contribution < -0.4 is 5.32 Å². The highest BCUT2D eigenvalue weighted by Gasteiger charge is 2.11. The minimum Gasteiger partial charge on any atom is -0.339 e. The molecule has 2 heterocycles. The van der Waals surface area contributed by atoms with Gasteiger partial charge in [0.2, 0.25) is 5.89 Å². The zero-order valence-corrected chi connectivity index (χ0v) is 12.3. The van der Waals surface area contributed by atoms with E-state index in [9.17, 15) is 0 Å². The van der Waals surface area contributed by atoms with Gasteiger partial charge in [-0.05, 0) is 26.0 Å². The van der Waals surface area contributed by atoms with Gasteiger partial charge in [-0.25, -0.2) is 4.98 Å². The van der Waals surface area contributed by atoms with Gasteiger partial charge < -0.3 is 9.84 Å². The molecule has 1 atom stereocenters. The zero-order valence-electron chi connectivity index (χ0n) is 11.5. The summed E-state index contributed by atoms with van der Waals surface area (Å²) >= 11 is 1.73. The summed E-state index contributed by atoms with van der Waals surface area (Å²) < 4.78 is 6.31. The van der Waals surface area contributed by atoms with Crippen LogP contribution >= 0.6 is 11.3 Å². The van der Waals surface area contributed by atoms with E-state index in [1.54, 1.807) is 11.3 Å². The fraction of sp³-hybridized carbons (Fsp3) is 0.357. The van der Waals surface area contributed by atoms with E-state index in [2.05, 4.69) is 33.4 Å². The highest BCUT2D eigenvalue weighted by atomic mass is 32.1. The summed E-state index contributed by atoms with van der Waals surface area (Å²) in [5.41, 5.74) is 1.06. The summed E-state index contributed by atoms with van der Waals surface area (Å²) in [7, 11) is 0. The lowest BCUT2D eigenvalue weighted by atomic mass is 10.3. The summed E-state index contributed by atoms with van der Waals surface area (Å²) in [6.07, 6.45) is 0.732. The summed E-state index contributed by atoms with van der Waals surface area (Å²) in [6, 6.07) is 8.42. The Morgan fingerprint density at radius 1 is 1.30 bits per heavy atom. The Labute approximate surface area is 121 Å². The van der Waals surface area contributed by atoms with Crippen LogP contribution in [0, 0.1) is 6.92 Å². The number of nitrogens with one attached hydrogen (secondary N) is 1. The van der Waals surface area contributed by atoms with Gasteiger partial charge in [0.25, 0.3) is 0 Å². The van der Waals surface area contributed by atoms with Gasteiger partial charge in [-0.2, -0.15) is 4.98 Å². The van der Waals surface area contributed by atoms with E-state index in [0.717, 1.165) is 23.5 Å². The van der Waals surface area contributed by atoms with E-state index >= 15 is 0 Å². The first-order valence-electron chi connectivity index (χ1n) is 6.60. The number of nitrogens with zero attached hydrogens (tertiary/aromatic N) is 3. The molecule has 1 aromatic carbocycles. The summed E-state index contributed by atoms with van der Waals surface area (Å²) in [4.78, 5) is 8.83. The van der Waals surface area contributed by atoms with Gasteiger partial charge in [-0.15, -0.1) is 11.3 Å². The van der Waals surface area contributed by atoms with Crippen molar-refractivity contribution in [3.8, 4) is 0 Å². The highest BCUT2D eigenvalue weighted by Crippen LogP contribution is 2.25. The normalized spacial score (nSPS) is 12.9. The van der Waals surface area contributed by atoms with Crippen LogP contribution in [0.3, 0.4) is 0 Å². The van der Waals surface area contributed by atoms with Crippen molar-refractivity contribution in [2.75, 3.05) is 6.54 Å². The second-order valence-corrected chi connectivity index (χ2v) is 5.74. The molecular formula is C14H16N4OS. The molecule has 0 aliphatic carbocycles. The Morgan fingerprint density at radius 3 is 2.90 bits per heavy atom. The van der Waals surface area contributed by atoms with Crippen LogP contribution in [0.2, 0.25) is 0 Å². The number of hydrogen-bond acceptors (Lipinski definition) is 6. The molecule has 2 aromatic heterocycles. The number of para-hydroxylation sites is 1. The van der Waals surface area contributed by atoms with Crippen molar-refractivity contribution in [1.29, 1.82) is 0 Å². The Hall–Kier alpha value is -1.79. The maximum atomic E-state index is 5.09. The third-order valence-corrected chi connectivity index (χ3v) is 4.26. The van der Waals surface area contributed by atoms with Gasteiger partial charge in [0.05, 0.1) is 16.3 Å². The quantitative estimate of drug-likeness (QED) is 0.782. The van der Waals surface area contributed by atoms with Gasteiger partial charge >= 0.3 is 0 Å². The largest absolute Gasteiger partial charge is 0.339 e. The van der Waals surface area contributed by atoms with E-state index in [0.29, 0.717) is 11.7 Å². The van der Waals surface area contributed by atoms with Gasteiger partial charge in [0.15, 0.2) is 5.82 Å². The smallest absolute Gasteiger partial charge is 0.227 e. The fourth-order valence-electron chi connectivity index (χ4n) is 2.00. The van der Waals surface area contributed by atoms with E-state index < -0.39 is 0 Å². The van der Waals surface area contributed by atoms with E-state index in [4.69, 9.17) is 4.52 Å². The summed E-state index contributed by atoms with van der Waals surface area (Å²) in [5.74, 6) is 1.35. The van der Waals surface area contributed by atoms with Crippen LogP contribution in [0.4, 0.5) is 0 Å². The number of hydrogen-bond donors (Lipinski definition) is 1. The lowest BCUT2D eigenvalue weighted by molar-refractivity contribution is 0.370. The van der Waals surface area contributed by atoms with Crippen molar-refractivity contribution in [3.05, 3.63) is 41.0 Å². The van der Waals surface area contributed by atoms with Gasteiger partial charge in [0.1, 0.15) is 5.01 Å². The van der Waals surface area contributed by atoms with E-state index in [1.807, 2.05) is 25.1 Å². The highest BCUT2D eigenvalue weighted by molar-refractivity contribution is 7.18. The van der Waals surface area contributed by atoms with Crippen molar-refractivity contribution < 1.29 is 4.52 Å². The maximum Gasteiger partial charge on any atom is 0.227 e. The number of aryl methyl sites for hydroxylation is 1. The number of aromatic nitrogens is 3.